The van der Waals surface area contributed by atoms with Crippen LogP contribution in [0.5, 0.6) is 0 Å². The molecule has 0 spiro atoms. The minimum atomic E-state index is -0.384. The maximum Gasteiger partial charge on any atom is 0.494 e. The van der Waals surface area contributed by atoms with Gasteiger partial charge in [0.2, 0.25) is 0 Å². The number of aromatic nitrogens is 6. The fourth-order valence-corrected chi connectivity index (χ4v) is 15.1. The van der Waals surface area contributed by atoms with Crippen molar-refractivity contribution in [1.82, 2.24) is 29.1 Å². The predicted molar refractivity (Wildman–Crippen MR) is 423 cm³/mol. The lowest BCUT2D eigenvalue weighted by molar-refractivity contribution is 0.00578. The van der Waals surface area contributed by atoms with E-state index in [9.17, 15) is 0 Å². The van der Waals surface area contributed by atoms with E-state index in [-0.39, 0.29) is 18.3 Å². The third-order valence-corrected chi connectivity index (χ3v) is 21.0. The van der Waals surface area contributed by atoms with Gasteiger partial charge in [-0.25, -0.2) is 19.9 Å². The number of rotatable bonds is 8. The van der Waals surface area contributed by atoms with E-state index < -0.39 is 0 Å². The molecule has 1 aliphatic heterocycles. The lowest BCUT2D eigenvalue weighted by Crippen LogP contribution is -2.41. The molecule has 5 heterocycles. The Morgan fingerprint density at radius 2 is 0.610 bits per heavy atom. The number of nitrogens with zero attached hydrogens (tertiary/aromatic N) is 6. The van der Waals surface area contributed by atoms with Gasteiger partial charge in [0.15, 0.2) is 0 Å². The Kier molecular flexibility index (Phi) is 15.8. The lowest BCUT2D eigenvalue weighted by atomic mass is 9.78. The van der Waals surface area contributed by atoms with E-state index in [0.717, 1.165) is 101 Å². The lowest BCUT2D eigenvalue weighted by Gasteiger charge is -2.32. The molecule has 0 radical (unpaired) electrons. The smallest absolute Gasteiger partial charge is 0.399 e. The van der Waals surface area contributed by atoms with Crippen LogP contribution in [0, 0.1) is 0 Å². The van der Waals surface area contributed by atoms with Gasteiger partial charge in [0.1, 0.15) is 11.6 Å². The molecule has 0 atom stereocenters. The first kappa shape index (κ1) is 62.4. The number of halogens is 1. The van der Waals surface area contributed by atoms with Crippen LogP contribution in [0.3, 0.4) is 0 Å². The molecule has 10 heteroatoms. The molecule has 0 bridgehead atoms. The third-order valence-electron chi connectivity index (χ3n) is 20.5. The largest absolute Gasteiger partial charge is 0.494 e. The quantitative estimate of drug-likeness (QED) is 0.111. The van der Waals surface area contributed by atoms with E-state index in [1.807, 2.05) is 12.1 Å². The van der Waals surface area contributed by atoms with Gasteiger partial charge in [0.05, 0.1) is 55.7 Å². The molecular weight excluding hydrogens is 1290 g/mol. The van der Waals surface area contributed by atoms with E-state index in [4.69, 9.17) is 24.3 Å². The molecule has 1 saturated heterocycles. The molecule has 14 aromatic carbocycles. The van der Waals surface area contributed by atoms with Gasteiger partial charge < -0.3 is 9.31 Å². The fraction of sp³-hybridized carbons (Fsp3) is 0.111. The van der Waals surface area contributed by atoms with Crippen LogP contribution in [0.25, 0.3) is 154 Å². The monoisotopic (exact) mass is 1360 g/mol. The van der Waals surface area contributed by atoms with Crippen molar-refractivity contribution in [3.8, 4) is 45.0 Å². The molecule has 0 amide bonds. The maximum atomic E-state index is 6.29. The topological polar surface area (TPSA) is 79.9 Å². The molecule has 18 aromatic rings. The van der Waals surface area contributed by atoms with Crippen LogP contribution in [0.2, 0.25) is 0 Å². The second kappa shape index (κ2) is 25.3. The van der Waals surface area contributed by atoms with E-state index in [2.05, 4.69) is 351 Å². The Morgan fingerprint density at radius 1 is 0.310 bits per heavy atom. The van der Waals surface area contributed by atoms with Crippen molar-refractivity contribution in [2.45, 2.75) is 65.6 Å². The van der Waals surface area contributed by atoms with Crippen LogP contribution in [-0.4, -0.2) is 47.4 Å². The molecule has 0 N–H and O–H groups in total. The number of para-hydroxylation sites is 6. The minimum Gasteiger partial charge on any atom is -0.399 e. The summed E-state index contributed by atoms with van der Waals surface area (Å²) in [5.74, 6) is 2.17. The summed E-state index contributed by atoms with van der Waals surface area (Å²) >= 11 is 3.47. The van der Waals surface area contributed by atoms with Gasteiger partial charge in [-0.1, -0.05) is 248 Å². The maximum absolute atomic E-state index is 6.29. The molecule has 8 nitrogen and oxygen atoms in total. The van der Waals surface area contributed by atoms with Crippen LogP contribution >= 0.6 is 15.9 Å². The second-order valence-electron chi connectivity index (χ2n) is 26.9. The van der Waals surface area contributed by atoms with Crippen LogP contribution in [-0.2, 0) is 22.2 Å². The van der Waals surface area contributed by atoms with E-state index in [0.29, 0.717) is 0 Å². The summed E-state index contributed by atoms with van der Waals surface area (Å²) in [7, 11) is -0.384. The Hall–Kier alpha value is -11.1. The number of imidazole rings is 2. The second-order valence-corrected chi connectivity index (χ2v) is 27.8. The summed E-state index contributed by atoms with van der Waals surface area (Å²) in [5, 5.41) is 17.3. The summed E-state index contributed by atoms with van der Waals surface area (Å²) in [4.78, 5) is 20.1. The summed E-state index contributed by atoms with van der Waals surface area (Å²) in [6, 6.07) is 103. The highest BCUT2D eigenvalue weighted by atomic mass is 79.9. The van der Waals surface area contributed by atoms with Crippen molar-refractivity contribution in [3.63, 3.8) is 0 Å². The van der Waals surface area contributed by atoms with Crippen molar-refractivity contribution in [3.05, 3.63) is 307 Å². The Balaban J connectivity index is 0.000000122. The normalized spacial score (nSPS) is 13.5. The van der Waals surface area contributed by atoms with Gasteiger partial charge >= 0.3 is 7.12 Å². The summed E-state index contributed by atoms with van der Waals surface area (Å²) in [6.45, 7) is 12.6. The number of pyridine rings is 2. The zero-order valence-electron chi connectivity index (χ0n) is 56.6. The average molecular weight is 1360 g/mol. The van der Waals surface area contributed by atoms with Gasteiger partial charge in [-0.3, -0.25) is 9.13 Å². The van der Waals surface area contributed by atoms with Gasteiger partial charge in [-0.2, -0.15) is 0 Å². The zero-order valence-corrected chi connectivity index (χ0v) is 58.2. The van der Waals surface area contributed by atoms with Crippen LogP contribution in [0.15, 0.2) is 296 Å². The van der Waals surface area contributed by atoms with Crippen LogP contribution in [0.1, 0.15) is 53.2 Å². The SMILES string of the molecule is CC1(C)OB(c2ccc(-c3nc4ccccc4c4c5ccccc5c5ccccc5c34)cc2)OC1(C)C.CCc1nc2ccccc2n1-c1ccc(-c2ccc(-c3nc4ccccc4c4c5ccccc5c5ccccc5c34)cc2)cc1.CCc1nc2ccccc2n1-c1ccc(Br)cc1. The van der Waals surface area contributed by atoms with Crippen molar-refractivity contribution in [2.75, 3.05) is 0 Å². The molecule has 0 saturated carbocycles. The number of fused-ring (bicyclic) bond motifs is 18. The molecule has 4 aromatic heterocycles. The molecular formula is C90H70BBrN6O2. The average Bonchev–Trinajstić information content (AvgIpc) is 1.45. The first-order valence-electron chi connectivity index (χ1n) is 34.5. The Labute approximate surface area is 589 Å². The van der Waals surface area contributed by atoms with E-state index >= 15 is 0 Å². The number of hydrogen-bond acceptors (Lipinski definition) is 6. The van der Waals surface area contributed by atoms with Crippen molar-refractivity contribution < 1.29 is 9.31 Å². The minimum absolute atomic E-state index is 0.369. The van der Waals surface area contributed by atoms with Crippen LogP contribution < -0.4 is 5.46 Å². The highest BCUT2D eigenvalue weighted by Gasteiger charge is 2.51. The van der Waals surface area contributed by atoms with Gasteiger partial charge in [-0.05, 0) is 160 Å². The van der Waals surface area contributed by atoms with Crippen LogP contribution in [0.4, 0.5) is 0 Å². The number of hydrogen-bond donors (Lipinski definition) is 0. The molecule has 19 rings (SSSR count). The molecule has 0 unspecified atom stereocenters. The first-order valence-corrected chi connectivity index (χ1v) is 35.3. The summed E-state index contributed by atoms with van der Waals surface area (Å²) in [5.41, 5.74) is 15.5. The number of benzene rings is 14. The first-order chi connectivity index (χ1) is 48.9. The molecule has 1 aliphatic rings. The standard InChI is InChI=1S/C42H29N3.C33H28BNO2.C15H13BrN2/c1-2-39-43-37-17-9-10-18-38(37)45(39)30-25-23-28(24-26-30)27-19-21-29(22-20-27)42-41-34-14-6-4-12-32(34)31-11-3-5-13-33(31)40(41)35-15-7-8-16-36(35)44-42;1-32(2)33(3,4)37-34(36-32)22-19-17-21(18-20-22)31-30-26-14-8-6-12-24(26)23-11-5-7-13-25(23)29(30)27-15-9-10-16-28(27)35-31;1-2-15-17-13-5-3-4-6-14(13)18(15)12-9-7-11(16)8-10-12/h3-26H,2H2,1H3;5-20H,1-4H3;3-10H,2H2,1H3. The molecule has 100 heavy (non-hydrogen) atoms. The third kappa shape index (κ3) is 10.8. The van der Waals surface area contributed by atoms with Crippen molar-refractivity contribution in [1.29, 1.82) is 0 Å². The molecule has 482 valence electrons. The summed E-state index contributed by atoms with van der Waals surface area (Å²) < 4.78 is 18.2. The highest BCUT2D eigenvalue weighted by Crippen LogP contribution is 2.46. The van der Waals surface area contributed by atoms with Crippen molar-refractivity contribution >= 4 is 137 Å². The van der Waals surface area contributed by atoms with E-state index in [1.165, 1.54) is 86.5 Å². The molecule has 1 fully saturated rings. The van der Waals surface area contributed by atoms with Crippen molar-refractivity contribution in [2.24, 2.45) is 0 Å². The summed E-state index contributed by atoms with van der Waals surface area (Å²) in [6.07, 6.45) is 1.80. The van der Waals surface area contributed by atoms with Gasteiger partial charge in [-0.15, -0.1) is 0 Å². The molecule has 0 aliphatic carbocycles. The van der Waals surface area contributed by atoms with E-state index in [1.54, 1.807) is 0 Å². The zero-order chi connectivity index (χ0) is 67.8. The van der Waals surface area contributed by atoms with Gasteiger partial charge in [0.25, 0.3) is 0 Å². The highest BCUT2D eigenvalue weighted by molar-refractivity contribution is 9.10. The fourth-order valence-electron chi connectivity index (χ4n) is 14.9. The Bertz CT molecular complexity index is 6190. The number of aryl methyl sites for hydroxylation is 2. The van der Waals surface area contributed by atoms with Gasteiger partial charge in [0, 0.05) is 72.1 Å². The Morgan fingerprint density at radius 3 is 1.00 bits per heavy atom. The predicted octanol–water partition coefficient (Wildman–Crippen LogP) is 22.9.